The lowest BCUT2D eigenvalue weighted by molar-refractivity contribution is 0.216. The maximum Gasteiger partial charge on any atom is 0.123 e. The fourth-order valence-electron chi connectivity index (χ4n) is 1.78. The topological polar surface area (TPSA) is 27.7 Å². The summed E-state index contributed by atoms with van der Waals surface area (Å²) in [7, 11) is 1.64. The molecule has 3 nitrogen and oxygen atoms in total. The number of alkyl halides is 1. The molecule has 0 N–H and O–H groups in total. The summed E-state index contributed by atoms with van der Waals surface area (Å²) >= 11 is 9.31. The molecule has 0 aromatic heterocycles. The summed E-state index contributed by atoms with van der Waals surface area (Å²) in [5.41, 5.74) is 0.954. The van der Waals surface area contributed by atoms with E-state index < -0.39 is 0 Å². The number of methoxy groups -OCH3 is 1. The second-order valence-corrected chi connectivity index (χ2v) is 5.44. The molecule has 2 rings (SSSR count). The van der Waals surface area contributed by atoms with Crippen LogP contribution in [0, 0.1) is 0 Å². The van der Waals surface area contributed by atoms with E-state index in [0.29, 0.717) is 19.1 Å². The molecule has 2 aromatic carbocycles. The second kappa shape index (κ2) is 8.15. The van der Waals surface area contributed by atoms with Crippen LogP contribution in [-0.2, 0) is 5.88 Å². The van der Waals surface area contributed by atoms with E-state index in [0.717, 1.165) is 27.3 Å². The van der Waals surface area contributed by atoms with Crippen molar-refractivity contribution in [2.45, 2.75) is 5.88 Å². The Morgan fingerprint density at radius 2 is 1.62 bits per heavy atom. The first-order valence-electron chi connectivity index (χ1n) is 6.47. The zero-order chi connectivity index (χ0) is 15.1. The van der Waals surface area contributed by atoms with E-state index in [1.165, 1.54) is 0 Å². The average molecular weight is 372 g/mol. The Morgan fingerprint density at radius 1 is 0.952 bits per heavy atom. The van der Waals surface area contributed by atoms with E-state index in [-0.39, 0.29) is 0 Å². The monoisotopic (exact) mass is 370 g/mol. The molecule has 112 valence electrons. The van der Waals surface area contributed by atoms with E-state index in [1.54, 1.807) is 7.11 Å². The predicted octanol–water partition coefficient (Wildman–Crippen LogP) is 4.65. The van der Waals surface area contributed by atoms with Gasteiger partial charge in [0.05, 0.1) is 13.0 Å². The number of hydrogen-bond donors (Lipinski definition) is 0. The fourth-order valence-corrected chi connectivity index (χ4v) is 2.39. The van der Waals surface area contributed by atoms with Crippen molar-refractivity contribution in [2.24, 2.45) is 0 Å². The van der Waals surface area contributed by atoms with E-state index in [9.17, 15) is 0 Å². The second-order valence-electron chi connectivity index (χ2n) is 4.26. The zero-order valence-electron chi connectivity index (χ0n) is 11.6. The third kappa shape index (κ3) is 4.83. The van der Waals surface area contributed by atoms with Crippen LogP contribution < -0.4 is 14.2 Å². The standard InChI is InChI=1S/C16H16BrClO3/c1-19-14-3-5-15(6-4-14)20-8-9-21-16-7-2-13(17)10-12(16)11-18/h2-7,10H,8-9,11H2,1H3. The largest absolute Gasteiger partial charge is 0.497 e. The molecule has 5 heteroatoms. The number of halogens is 2. The molecule has 0 spiro atoms. The third-order valence-corrected chi connectivity index (χ3v) is 3.62. The molecule has 21 heavy (non-hydrogen) atoms. The van der Waals surface area contributed by atoms with Crippen molar-refractivity contribution < 1.29 is 14.2 Å². The maximum absolute atomic E-state index is 5.90. The highest BCUT2D eigenvalue weighted by molar-refractivity contribution is 9.10. The van der Waals surface area contributed by atoms with Gasteiger partial charge in [-0.05, 0) is 42.5 Å². The van der Waals surface area contributed by atoms with Gasteiger partial charge in [0, 0.05) is 10.0 Å². The first-order chi connectivity index (χ1) is 10.2. The average Bonchev–Trinajstić information content (AvgIpc) is 2.53. The predicted molar refractivity (Wildman–Crippen MR) is 87.7 cm³/mol. The summed E-state index contributed by atoms with van der Waals surface area (Å²) in [5, 5.41) is 0. The summed E-state index contributed by atoms with van der Waals surface area (Å²) in [5.74, 6) is 2.79. The van der Waals surface area contributed by atoms with Crippen LogP contribution >= 0.6 is 27.5 Å². The van der Waals surface area contributed by atoms with Gasteiger partial charge in [0.2, 0.25) is 0 Å². The van der Waals surface area contributed by atoms with Gasteiger partial charge in [-0.25, -0.2) is 0 Å². The van der Waals surface area contributed by atoms with Crippen LogP contribution in [0.1, 0.15) is 5.56 Å². The molecule has 0 amide bonds. The van der Waals surface area contributed by atoms with E-state index in [2.05, 4.69) is 15.9 Å². The highest BCUT2D eigenvalue weighted by Crippen LogP contribution is 2.24. The van der Waals surface area contributed by atoms with Crippen LogP contribution in [0.25, 0.3) is 0 Å². The lowest BCUT2D eigenvalue weighted by Gasteiger charge is -2.11. The lowest BCUT2D eigenvalue weighted by Crippen LogP contribution is -2.09. The van der Waals surface area contributed by atoms with Crippen molar-refractivity contribution >= 4 is 27.5 Å². The van der Waals surface area contributed by atoms with Gasteiger partial charge in [-0.3, -0.25) is 0 Å². The molecule has 0 radical (unpaired) electrons. The first kappa shape index (κ1) is 16.0. The number of ether oxygens (including phenoxy) is 3. The third-order valence-electron chi connectivity index (χ3n) is 2.84. The lowest BCUT2D eigenvalue weighted by atomic mass is 10.2. The van der Waals surface area contributed by atoms with Crippen molar-refractivity contribution in [3.05, 3.63) is 52.5 Å². The SMILES string of the molecule is COc1ccc(OCCOc2ccc(Br)cc2CCl)cc1. The van der Waals surface area contributed by atoms with E-state index >= 15 is 0 Å². The zero-order valence-corrected chi connectivity index (χ0v) is 14.0. The van der Waals surface area contributed by atoms with Crippen LogP contribution in [0.15, 0.2) is 46.9 Å². The van der Waals surface area contributed by atoms with Gasteiger partial charge in [-0.2, -0.15) is 0 Å². The Morgan fingerprint density at radius 3 is 2.29 bits per heavy atom. The summed E-state index contributed by atoms with van der Waals surface area (Å²) in [6.07, 6.45) is 0. The quantitative estimate of drug-likeness (QED) is 0.523. The van der Waals surface area contributed by atoms with E-state index in [1.807, 2.05) is 42.5 Å². The summed E-state index contributed by atoms with van der Waals surface area (Å²) < 4.78 is 17.4. The molecule has 0 aliphatic carbocycles. The van der Waals surface area contributed by atoms with Crippen molar-refractivity contribution in [3.8, 4) is 17.2 Å². The molecule has 0 heterocycles. The Bertz CT molecular complexity index is 572. The molecule has 2 aromatic rings. The summed E-state index contributed by atoms with van der Waals surface area (Å²) in [6, 6.07) is 13.2. The molecule has 0 atom stereocenters. The first-order valence-corrected chi connectivity index (χ1v) is 7.79. The van der Waals surface area contributed by atoms with E-state index in [4.69, 9.17) is 25.8 Å². The van der Waals surface area contributed by atoms with Gasteiger partial charge in [0.1, 0.15) is 30.5 Å². The highest BCUT2D eigenvalue weighted by Gasteiger charge is 2.04. The molecular weight excluding hydrogens is 356 g/mol. The van der Waals surface area contributed by atoms with Gasteiger partial charge in [-0.15, -0.1) is 11.6 Å². The number of benzene rings is 2. The normalized spacial score (nSPS) is 10.2. The van der Waals surface area contributed by atoms with Crippen LogP contribution in [-0.4, -0.2) is 20.3 Å². The maximum atomic E-state index is 5.90. The van der Waals surface area contributed by atoms with Gasteiger partial charge in [0.25, 0.3) is 0 Å². The minimum absolute atomic E-state index is 0.411. The van der Waals surface area contributed by atoms with Gasteiger partial charge < -0.3 is 14.2 Å². The highest BCUT2D eigenvalue weighted by atomic mass is 79.9. The Labute approximate surface area is 137 Å². The van der Waals surface area contributed by atoms with Gasteiger partial charge in [0.15, 0.2) is 0 Å². The molecule has 0 saturated heterocycles. The smallest absolute Gasteiger partial charge is 0.123 e. The minimum Gasteiger partial charge on any atom is -0.497 e. The van der Waals surface area contributed by atoms with Gasteiger partial charge >= 0.3 is 0 Å². The Hall–Kier alpha value is -1.39. The van der Waals surface area contributed by atoms with Crippen molar-refractivity contribution in [1.82, 2.24) is 0 Å². The number of hydrogen-bond acceptors (Lipinski definition) is 3. The molecule has 0 aliphatic heterocycles. The van der Waals surface area contributed by atoms with Crippen molar-refractivity contribution in [3.63, 3.8) is 0 Å². The Kier molecular flexibility index (Phi) is 6.21. The molecule has 0 bridgehead atoms. The fraction of sp³-hybridized carbons (Fsp3) is 0.250. The van der Waals surface area contributed by atoms with Crippen molar-refractivity contribution in [2.75, 3.05) is 20.3 Å². The summed E-state index contributed by atoms with van der Waals surface area (Å²) in [6.45, 7) is 0.918. The van der Waals surface area contributed by atoms with Crippen LogP contribution in [0.5, 0.6) is 17.2 Å². The van der Waals surface area contributed by atoms with Gasteiger partial charge in [-0.1, -0.05) is 15.9 Å². The van der Waals surface area contributed by atoms with Crippen LogP contribution in [0.4, 0.5) is 0 Å². The summed E-state index contributed by atoms with van der Waals surface area (Å²) in [4.78, 5) is 0. The molecule has 0 fully saturated rings. The van der Waals surface area contributed by atoms with Crippen molar-refractivity contribution in [1.29, 1.82) is 0 Å². The minimum atomic E-state index is 0.411. The molecule has 0 saturated carbocycles. The molecular formula is C16H16BrClO3. The van der Waals surface area contributed by atoms with Crippen LogP contribution in [0.3, 0.4) is 0 Å². The molecule has 0 aliphatic rings. The van der Waals surface area contributed by atoms with Crippen LogP contribution in [0.2, 0.25) is 0 Å². The Balaban J connectivity index is 1.81. The molecule has 0 unspecified atom stereocenters. The number of rotatable bonds is 7.